The zero-order valence-electron chi connectivity index (χ0n) is 15.5. The summed E-state index contributed by atoms with van der Waals surface area (Å²) in [5.74, 6) is -1.21. The summed E-state index contributed by atoms with van der Waals surface area (Å²) in [6.45, 7) is 0. The van der Waals surface area contributed by atoms with Crippen molar-refractivity contribution in [3.8, 4) is 0 Å². The van der Waals surface area contributed by atoms with E-state index in [9.17, 15) is 9.59 Å². The molecule has 1 aromatic heterocycles. The number of aryl methyl sites for hydroxylation is 1. The summed E-state index contributed by atoms with van der Waals surface area (Å²) in [7, 11) is 1.39. The average molecular weight is 419 g/mol. The molecule has 0 fully saturated rings. The number of esters is 1. The molecule has 1 heterocycles. The number of nitrogens with one attached hydrogen (secondary N) is 2. The van der Waals surface area contributed by atoms with Gasteiger partial charge in [0.2, 0.25) is 0 Å². The summed E-state index contributed by atoms with van der Waals surface area (Å²) >= 11 is 6.97. The van der Waals surface area contributed by atoms with Gasteiger partial charge in [-0.25, -0.2) is 4.79 Å². The Labute approximate surface area is 172 Å². The van der Waals surface area contributed by atoms with Crippen molar-refractivity contribution in [2.45, 2.75) is 38.5 Å². The van der Waals surface area contributed by atoms with Gasteiger partial charge < -0.3 is 20.5 Å². The van der Waals surface area contributed by atoms with E-state index >= 15 is 0 Å². The van der Waals surface area contributed by atoms with E-state index in [1.807, 2.05) is 0 Å². The van der Waals surface area contributed by atoms with Gasteiger partial charge in [-0.3, -0.25) is 4.79 Å². The molecule has 0 saturated heterocycles. The maximum absolute atomic E-state index is 12.4. The molecule has 3 N–H and O–H groups in total. The van der Waals surface area contributed by atoms with E-state index in [1.165, 1.54) is 18.4 Å². The third kappa shape index (κ3) is 4.88. The zero-order valence-corrected chi connectivity index (χ0v) is 17.2. The van der Waals surface area contributed by atoms with E-state index in [-0.39, 0.29) is 12.4 Å². The van der Waals surface area contributed by atoms with Crippen LogP contribution in [-0.4, -0.2) is 29.3 Å². The standard InChI is InChI=1S/C20H22N2O4S2/c1-26-19(25)17-14-5-3-2-4-6-15(14)28-18(17)22-20(27)21-13-9-7-12(8-10-13)11-16(23)24/h7-10H,2-6,11H2,1H3,(H,23,24)(H2,21,22,27). The Kier molecular flexibility index (Phi) is 6.64. The van der Waals surface area contributed by atoms with Crippen LogP contribution in [0, 0.1) is 0 Å². The monoisotopic (exact) mass is 418 g/mol. The maximum Gasteiger partial charge on any atom is 0.341 e. The third-order valence-corrected chi connectivity index (χ3v) is 6.02. The number of carboxylic acid groups (broad SMARTS) is 1. The number of methoxy groups -OCH3 is 1. The molecule has 0 aliphatic heterocycles. The second-order valence-corrected chi connectivity index (χ2v) is 8.12. The van der Waals surface area contributed by atoms with Gasteiger partial charge in [0.25, 0.3) is 0 Å². The zero-order chi connectivity index (χ0) is 20.1. The largest absolute Gasteiger partial charge is 0.481 e. The minimum absolute atomic E-state index is 0.0216. The Morgan fingerprint density at radius 2 is 1.86 bits per heavy atom. The van der Waals surface area contributed by atoms with Gasteiger partial charge in [-0.15, -0.1) is 11.3 Å². The number of fused-ring (bicyclic) bond motifs is 1. The smallest absolute Gasteiger partial charge is 0.341 e. The lowest BCUT2D eigenvalue weighted by Crippen LogP contribution is -2.20. The molecular formula is C20H22N2O4S2. The number of hydrogen-bond acceptors (Lipinski definition) is 5. The molecule has 28 heavy (non-hydrogen) atoms. The molecule has 0 saturated carbocycles. The van der Waals surface area contributed by atoms with Crippen LogP contribution in [0.3, 0.4) is 0 Å². The molecule has 6 nitrogen and oxygen atoms in total. The Morgan fingerprint density at radius 3 is 2.54 bits per heavy atom. The van der Waals surface area contributed by atoms with Crippen molar-refractivity contribution in [2.75, 3.05) is 17.7 Å². The summed E-state index contributed by atoms with van der Waals surface area (Å²) < 4.78 is 5.00. The second kappa shape index (κ2) is 9.16. The fourth-order valence-electron chi connectivity index (χ4n) is 3.29. The number of aliphatic carboxylic acids is 1. The molecule has 2 aromatic rings. The summed E-state index contributed by atoms with van der Waals surface area (Å²) in [5.41, 5.74) is 3.12. The number of thiophene rings is 1. The summed E-state index contributed by atoms with van der Waals surface area (Å²) in [6.07, 6.45) is 5.19. The van der Waals surface area contributed by atoms with Crippen molar-refractivity contribution in [2.24, 2.45) is 0 Å². The second-order valence-electron chi connectivity index (χ2n) is 6.61. The van der Waals surface area contributed by atoms with E-state index in [1.54, 1.807) is 35.6 Å². The molecule has 8 heteroatoms. The van der Waals surface area contributed by atoms with Gasteiger partial charge >= 0.3 is 11.9 Å². The Bertz CT molecular complexity index is 890. The molecule has 1 aliphatic rings. The van der Waals surface area contributed by atoms with Crippen molar-refractivity contribution in [1.82, 2.24) is 0 Å². The highest BCUT2D eigenvalue weighted by Gasteiger charge is 2.25. The van der Waals surface area contributed by atoms with E-state index in [0.29, 0.717) is 21.2 Å². The lowest BCUT2D eigenvalue weighted by Gasteiger charge is -2.11. The van der Waals surface area contributed by atoms with E-state index in [2.05, 4.69) is 10.6 Å². The molecule has 0 spiro atoms. The Hall–Kier alpha value is -2.45. The quantitative estimate of drug-likeness (QED) is 0.380. The van der Waals surface area contributed by atoms with Crippen LogP contribution in [0.25, 0.3) is 0 Å². The van der Waals surface area contributed by atoms with Gasteiger partial charge in [-0.2, -0.15) is 0 Å². The highest BCUT2D eigenvalue weighted by Crippen LogP contribution is 2.38. The van der Waals surface area contributed by atoms with Gasteiger partial charge in [0, 0.05) is 10.6 Å². The maximum atomic E-state index is 12.4. The molecule has 0 amide bonds. The van der Waals surface area contributed by atoms with Gasteiger partial charge in [0.05, 0.1) is 19.1 Å². The fourth-order valence-corrected chi connectivity index (χ4v) is 4.86. The molecule has 1 aliphatic carbocycles. The highest BCUT2D eigenvalue weighted by molar-refractivity contribution is 7.80. The summed E-state index contributed by atoms with van der Waals surface area (Å²) in [6, 6.07) is 7.03. The minimum atomic E-state index is -0.870. The Morgan fingerprint density at radius 1 is 1.14 bits per heavy atom. The predicted octanol–water partition coefficient (Wildman–Crippen LogP) is 4.24. The van der Waals surface area contributed by atoms with Crippen LogP contribution in [0.2, 0.25) is 0 Å². The third-order valence-electron chi connectivity index (χ3n) is 4.61. The van der Waals surface area contributed by atoms with E-state index < -0.39 is 5.97 Å². The first-order valence-corrected chi connectivity index (χ1v) is 10.3. The van der Waals surface area contributed by atoms with Crippen LogP contribution in [-0.2, 0) is 28.8 Å². The highest BCUT2D eigenvalue weighted by atomic mass is 32.1. The number of carbonyl (C=O) groups is 2. The number of rotatable bonds is 5. The first-order valence-electron chi connectivity index (χ1n) is 9.09. The molecular weight excluding hydrogens is 396 g/mol. The number of hydrogen-bond donors (Lipinski definition) is 3. The van der Waals surface area contributed by atoms with Crippen LogP contribution in [0.5, 0.6) is 0 Å². The van der Waals surface area contributed by atoms with Gasteiger partial charge in [-0.1, -0.05) is 18.6 Å². The Balaban J connectivity index is 1.74. The number of anilines is 2. The van der Waals surface area contributed by atoms with Crippen LogP contribution < -0.4 is 10.6 Å². The number of carbonyl (C=O) groups excluding carboxylic acids is 1. The normalized spacial score (nSPS) is 13.2. The van der Waals surface area contributed by atoms with E-state index in [4.69, 9.17) is 22.1 Å². The summed E-state index contributed by atoms with van der Waals surface area (Å²) in [5, 5.41) is 16.1. The lowest BCUT2D eigenvalue weighted by atomic mass is 10.1. The molecule has 0 bridgehead atoms. The molecule has 0 radical (unpaired) electrons. The van der Waals surface area contributed by atoms with E-state index in [0.717, 1.165) is 36.9 Å². The van der Waals surface area contributed by atoms with Crippen molar-refractivity contribution >= 4 is 51.3 Å². The molecule has 148 valence electrons. The van der Waals surface area contributed by atoms with Crippen molar-refractivity contribution < 1.29 is 19.4 Å². The topological polar surface area (TPSA) is 87.7 Å². The first-order chi connectivity index (χ1) is 13.5. The number of benzene rings is 1. The average Bonchev–Trinajstić information content (AvgIpc) is 2.83. The number of carboxylic acids is 1. The minimum Gasteiger partial charge on any atom is -0.481 e. The SMILES string of the molecule is COC(=O)c1c(NC(=S)Nc2ccc(CC(=O)O)cc2)sc2c1CCCCC2. The van der Waals surface area contributed by atoms with Gasteiger partial charge in [-0.05, 0) is 61.2 Å². The molecule has 0 atom stereocenters. The lowest BCUT2D eigenvalue weighted by molar-refractivity contribution is -0.136. The van der Waals surface area contributed by atoms with Crippen LogP contribution in [0.4, 0.5) is 10.7 Å². The van der Waals surface area contributed by atoms with Crippen LogP contribution in [0.1, 0.15) is 45.6 Å². The predicted molar refractivity (Wildman–Crippen MR) is 115 cm³/mol. The number of thiocarbonyl (C=S) groups is 1. The molecule has 3 rings (SSSR count). The van der Waals surface area contributed by atoms with Crippen LogP contribution in [0.15, 0.2) is 24.3 Å². The van der Waals surface area contributed by atoms with Crippen molar-refractivity contribution in [1.29, 1.82) is 0 Å². The molecule has 1 aromatic carbocycles. The van der Waals surface area contributed by atoms with Crippen LogP contribution >= 0.6 is 23.6 Å². The summed E-state index contributed by atoms with van der Waals surface area (Å²) in [4.78, 5) is 24.4. The van der Waals surface area contributed by atoms with Crippen molar-refractivity contribution in [3.63, 3.8) is 0 Å². The van der Waals surface area contributed by atoms with Gasteiger partial charge in [0.1, 0.15) is 5.00 Å². The van der Waals surface area contributed by atoms with Crippen molar-refractivity contribution in [3.05, 3.63) is 45.8 Å². The number of ether oxygens (including phenoxy) is 1. The fraction of sp³-hybridized carbons (Fsp3) is 0.350. The first kappa shape index (κ1) is 20.3. The van der Waals surface area contributed by atoms with Gasteiger partial charge in [0.15, 0.2) is 5.11 Å². The molecule has 0 unspecified atom stereocenters.